The number of ether oxygens (including phenoxy) is 1. The van der Waals surface area contributed by atoms with Gasteiger partial charge in [-0.2, -0.15) is 10.2 Å². The summed E-state index contributed by atoms with van der Waals surface area (Å²) in [6.45, 7) is 11.4. The van der Waals surface area contributed by atoms with Gasteiger partial charge in [-0.05, 0) is 63.1 Å². The number of piperazine rings is 1. The molecule has 0 bridgehead atoms. The van der Waals surface area contributed by atoms with Gasteiger partial charge < -0.3 is 9.64 Å². The largest absolute Gasteiger partial charge is 0.444 e. The molecule has 4 aromatic heterocycles. The average molecular weight is 605 g/mol. The first-order valence-electron chi connectivity index (χ1n) is 13.9. The fourth-order valence-corrected chi connectivity index (χ4v) is 6.38. The number of hydrogen-bond acceptors (Lipinski definition) is 8. The van der Waals surface area contributed by atoms with E-state index in [1.165, 1.54) is 11.9 Å². The number of benzene rings is 1. The highest BCUT2D eigenvalue weighted by Crippen LogP contribution is 2.38. The average Bonchev–Trinajstić information content (AvgIpc) is 3.68. The summed E-state index contributed by atoms with van der Waals surface area (Å²) >= 11 is 7.71. The van der Waals surface area contributed by atoms with Crippen LogP contribution in [-0.2, 0) is 17.7 Å². The number of hydrogen-bond donors (Lipinski definition) is 1. The number of carbonyl (C=O) groups excluding carboxylic acids is 1. The second-order valence-electron chi connectivity index (χ2n) is 11.5. The summed E-state index contributed by atoms with van der Waals surface area (Å²) in [6, 6.07) is 12.1. The molecule has 1 amide bonds. The number of aromatic nitrogens is 6. The van der Waals surface area contributed by atoms with Gasteiger partial charge in [0.15, 0.2) is 5.82 Å². The topological polar surface area (TPSA) is 105 Å². The fourth-order valence-electron chi connectivity index (χ4n) is 5.12. The van der Waals surface area contributed by atoms with Crippen molar-refractivity contribution in [3.8, 4) is 21.3 Å². The number of fused-ring (bicyclic) bond motifs is 1. The number of pyridine rings is 1. The van der Waals surface area contributed by atoms with E-state index in [0.29, 0.717) is 30.4 Å². The first kappa shape index (κ1) is 28.3. The second kappa shape index (κ2) is 11.5. The van der Waals surface area contributed by atoms with E-state index >= 15 is 0 Å². The lowest BCUT2D eigenvalue weighted by Gasteiger charge is -2.35. The summed E-state index contributed by atoms with van der Waals surface area (Å²) in [5.41, 5.74) is 5.66. The minimum Gasteiger partial charge on any atom is -0.444 e. The highest BCUT2D eigenvalue weighted by molar-refractivity contribution is 7.18. The van der Waals surface area contributed by atoms with Crippen LogP contribution in [0, 0.1) is 6.92 Å². The number of aryl methyl sites for hydroxylation is 1. The number of aromatic amines is 1. The number of thiazole rings is 1. The number of amides is 1. The number of halogens is 1. The number of rotatable bonds is 6. The highest BCUT2D eigenvalue weighted by atomic mass is 35.5. The third-order valence-electron chi connectivity index (χ3n) is 7.13. The van der Waals surface area contributed by atoms with Crippen LogP contribution in [0.2, 0.25) is 5.02 Å². The van der Waals surface area contributed by atoms with Gasteiger partial charge in [-0.25, -0.2) is 19.3 Å². The van der Waals surface area contributed by atoms with Crippen LogP contribution in [0.3, 0.4) is 0 Å². The lowest BCUT2D eigenvalue weighted by molar-refractivity contribution is 0.0139. The molecule has 1 aromatic carbocycles. The first-order chi connectivity index (χ1) is 20.1. The monoisotopic (exact) mass is 604 g/mol. The molecular weight excluding hydrogens is 572 g/mol. The zero-order chi connectivity index (χ0) is 29.4. The predicted molar refractivity (Wildman–Crippen MR) is 164 cm³/mol. The van der Waals surface area contributed by atoms with Gasteiger partial charge in [0.05, 0.1) is 27.3 Å². The molecule has 1 fully saturated rings. The molecule has 0 saturated carbocycles. The maximum Gasteiger partial charge on any atom is 0.410 e. The van der Waals surface area contributed by atoms with Crippen LogP contribution in [0.4, 0.5) is 4.79 Å². The Balaban J connectivity index is 1.25. The molecule has 5 heterocycles. The molecule has 12 heteroatoms. The van der Waals surface area contributed by atoms with Gasteiger partial charge in [-0.15, -0.1) is 11.3 Å². The number of H-pyrrole nitrogens is 1. The molecule has 42 heavy (non-hydrogen) atoms. The fraction of sp³-hybridized carbons (Fsp3) is 0.367. The highest BCUT2D eigenvalue weighted by Gasteiger charge is 2.26. The molecule has 6 rings (SSSR count). The van der Waals surface area contributed by atoms with Gasteiger partial charge in [0.25, 0.3) is 0 Å². The van der Waals surface area contributed by atoms with Crippen molar-refractivity contribution in [1.82, 2.24) is 39.6 Å². The van der Waals surface area contributed by atoms with Crippen LogP contribution in [0.15, 0.2) is 48.9 Å². The van der Waals surface area contributed by atoms with Gasteiger partial charge in [-0.3, -0.25) is 10.00 Å². The maximum atomic E-state index is 12.5. The van der Waals surface area contributed by atoms with E-state index in [9.17, 15) is 4.79 Å². The van der Waals surface area contributed by atoms with Crippen molar-refractivity contribution >= 4 is 34.5 Å². The summed E-state index contributed by atoms with van der Waals surface area (Å²) in [4.78, 5) is 27.1. The van der Waals surface area contributed by atoms with Crippen molar-refractivity contribution in [1.29, 1.82) is 0 Å². The first-order valence-corrected chi connectivity index (χ1v) is 15.1. The van der Waals surface area contributed by atoms with E-state index in [-0.39, 0.29) is 6.09 Å². The Labute approximate surface area is 253 Å². The molecule has 0 unspecified atom stereocenters. The molecule has 5 aromatic rings. The van der Waals surface area contributed by atoms with Gasteiger partial charge in [0, 0.05) is 50.4 Å². The summed E-state index contributed by atoms with van der Waals surface area (Å²) in [6.07, 6.45) is 3.92. The van der Waals surface area contributed by atoms with Gasteiger partial charge >= 0.3 is 6.09 Å². The number of nitrogens with zero attached hydrogens (tertiary/aromatic N) is 7. The molecule has 0 spiro atoms. The Morgan fingerprint density at radius 3 is 2.55 bits per heavy atom. The third kappa shape index (κ3) is 6.18. The van der Waals surface area contributed by atoms with Gasteiger partial charge in [0.2, 0.25) is 0 Å². The van der Waals surface area contributed by atoms with Crippen molar-refractivity contribution in [2.24, 2.45) is 0 Å². The smallest absolute Gasteiger partial charge is 0.410 e. The molecular formula is C30H33ClN8O2S. The second-order valence-corrected chi connectivity index (χ2v) is 12.9. The lowest BCUT2D eigenvalue weighted by atomic mass is 10.1. The van der Waals surface area contributed by atoms with Gasteiger partial charge in [-0.1, -0.05) is 23.7 Å². The zero-order valence-electron chi connectivity index (χ0n) is 24.1. The molecule has 1 aliphatic rings. The van der Waals surface area contributed by atoms with E-state index in [4.69, 9.17) is 26.4 Å². The quantitative estimate of drug-likeness (QED) is 0.259. The van der Waals surface area contributed by atoms with E-state index in [2.05, 4.69) is 32.2 Å². The van der Waals surface area contributed by atoms with Gasteiger partial charge in [0.1, 0.15) is 16.9 Å². The van der Waals surface area contributed by atoms with Crippen molar-refractivity contribution in [3.63, 3.8) is 0 Å². The maximum absolute atomic E-state index is 12.5. The molecule has 0 radical (unpaired) electrons. The molecule has 1 saturated heterocycles. The van der Waals surface area contributed by atoms with E-state index < -0.39 is 5.60 Å². The van der Waals surface area contributed by atoms with Crippen LogP contribution in [0.5, 0.6) is 0 Å². The van der Waals surface area contributed by atoms with Crippen molar-refractivity contribution in [3.05, 3.63) is 76.5 Å². The Kier molecular flexibility index (Phi) is 7.73. The van der Waals surface area contributed by atoms with Crippen LogP contribution in [-0.4, -0.2) is 77.5 Å². The SMILES string of the molecule is Cc1nn2ccc(CN3CCN(C(=O)OC(C)(C)C)CC3)cc2c1-c1nc(Cc2ccc(Cl)cc2)c(-c2ncn[nH]2)s1. The summed E-state index contributed by atoms with van der Waals surface area (Å²) in [5, 5.41) is 13.5. The van der Waals surface area contributed by atoms with Crippen LogP contribution in [0.25, 0.3) is 26.8 Å². The Morgan fingerprint density at radius 1 is 1.10 bits per heavy atom. The normalized spacial score (nSPS) is 14.5. The van der Waals surface area contributed by atoms with Crippen LogP contribution < -0.4 is 0 Å². The Hall–Kier alpha value is -3.80. The van der Waals surface area contributed by atoms with Crippen molar-refractivity contribution < 1.29 is 9.53 Å². The third-order valence-corrected chi connectivity index (χ3v) is 8.50. The van der Waals surface area contributed by atoms with E-state index in [1.54, 1.807) is 16.2 Å². The zero-order valence-corrected chi connectivity index (χ0v) is 25.7. The van der Waals surface area contributed by atoms with E-state index in [1.807, 2.05) is 62.7 Å². The Bertz CT molecular complexity index is 1700. The molecule has 0 aliphatic carbocycles. The summed E-state index contributed by atoms with van der Waals surface area (Å²) in [7, 11) is 0. The van der Waals surface area contributed by atoms with Crippen molar-refractivity contribution in [2.75, 3.05) is 26.2 Å². The minimum absolute atomic E-state index is 0.244. The van der Waals surface area contributed by atoms with Crippen LogP contribution in [0.1, 0.15) is 43.3 Å². The lowest BCUT2D eigenvalue weighted by Crippen LogP contribution is -2.49. The molecule has 0 atom stereocenters. The summed E-state index contributed by atoms with van der Waals surface area (Å²) in [5.74, 6) is 0.697. The minimum atomic E-state index is -0.492. The standard InChI is InChI=1S/C30H33ClN8O2S/c1-19-25(28-34-23(15-20-5-7-22(31)8-6-20)26(42-28)27-32-18-33-35-27)24-16-21(9-10-39(24)36-19)17-37-11-13-38(14-12-37)29(40)41-30(2,3)4/h5-10,16,18H,11-15,17H2,1-4H3,(H,32,33,35). The van der Waals surface area contributed by atoms with Crippen LogP contribution >= 0.6 is 22.9 Å². The Morgan fingerprint density at radius 2 is 1.86 bits per heavy atom. The molecule has 10 nitrogen and oxygen atoms in total. The predicted octanol–water partition coefficient (Wildman–Crippen LogP) is 5.85. The molecule has 218 valence electrons. The van der Waals surface area contributed by atoms with Crippen molar-refractivity contribution in [2.45, 2.75) is 46.3 Å². The van der Waals surface area contributed by atoms with E-state index in [0.717, 1.165) is 57.6 Å². The number of nitrogens with one attached hydrogen (secondary N) is 1. The summed E-state index contributed by atoms with van der Waals surface area (Å²) < 4.78 is 7.47. The molecule has 1 N–H and O–H groups in total. The number of carbonyl (C=O) groups is 1. The molecule has 1 aliphatic heterocycles.